The van der Waals surface area contributed by atoms with Crippen LogP contribution >= 0.6 is 0 Å². The fourth-order valence-corrected chi connectivity index (χ4v) is 1.55. The van der Waals surface area contributed by atoms with Gasteiger partial charge < -0.3 is 10.5 Å². The number of nitrogen functional groups attached to an aromatic ring is 1. The number of aryl methyl sites for hydroxylation is 1. The summed E-state index contributed by atoms with van der Waals surface area (Å²) in [7, 11) is 0. The lowest BCUT2D eigenvalue weighted by atomic mass is 10.1. The molecule has 0 radical (unpaired) electrons. The Labute approximate surface area is 90.8 Å². The molecule has 1 aromatic carbocycles. The van der Waals surface area contributed by atoms with Gasteiger partial charge in [0.25, 0.3) is 0 Å². The van der Waals surface area contributed by atoms with Crippen molar-refractivity contribution >= 4 is 16.6 Å². The van der Waals surface area contributed by atoms with E-state index in [1.165, 1.54) is 12.1 Å². The molecule has 1 heterocycles. The molecule has 5 heteroatoms. The van der Waals surface area contributed by atoms with E-state index in [1.807, 2.05) is 6.92 Å². The molecule has 2 N–H and O–H groups in total. The van der Waals surface area contributed by atoms with Gasteiger partial charge in [-0.2, -0.15) is 8.78 Å². The summed E-state index contributed by atoms with van der Waals surface area (Å²) in [5.41, 5.74) is 7.73. The second-order valence-electron chi connectivity index (χ2n) is 3.41. The van der Waals surface area contributed by atoms with E-state index in [0.29, 0.717) is 16.6 Å². The molecular weight excluding hydrogens is 214 g/mol. The number of hydrogen-bond donors (Lipinski definition) is 1. The van der Waals surface area contributed by atoms with Crippen molar-refractivity contribution in [3.8, 4) is 5.75 Å². The van der Waals surface area contributed by atoms with Crippen molar-refractivity contribution < 1.29 is 13.5 Å². The summed E-state index contributed by atoms with van der Waals surface area (Å²) >= 11 is 0. The maximum Gasteiger partial charge on any atom is 0.387 e. The third kappa shape index (κ3) is 2.03. The molecule has 0 aliphatic carbocycles. The van der Waals surface area contributed by atoms with E-state index in [-0.39, 0.29) is 5.75 Å². The first-order valence-electron chi connectivity index (χ1n) is 4.68. The molecule has 16 heavy (non-hydrogen) atoms. The van der Waals surface area contributed by atoms with Gasteiger partial charge in [0.05, 0.1) is 5.52 Å². The lowest BCUT2D eigenvalue weighted by Gasteiger charge is -2.07. The zero-order chi connectivity index (χ0) is 11.7. The molecule has 0 aliphatic heterocycles. The summed E-state index contributed by atoms with van der Waals surface area (Å²) in [6, 6.07) is 6.20. The van der Waals surface area contributed by atoms with Crippen LogP contribution in [0, 0.1) is 6.92 Å². The molecule has 2 aromatic rings. The Morgan fingerprint density at radius 1 is 1.31 bits per heavy atom. The zero-order valence-electron chi connectivity index (χ0n) is 8.58. The number of hydrogen-bond acceptors (Lipinski definition) is 3. The highest BCUT2D eigenvalue weighted by Gasteiger charge is 2.07. The van der Waals surface area contributed by atoms with Crippen LogP contribution in [0.1, 0.15) is 5.69 Å². The Kier molecular flexibility index (Phi) is 2.60. The number of ether oxygens (including phenoxy) is 1. The molecule has 0 saturated heterocycles. The Hall–Kier alpha value is -1.91. The first-order valence-corrected chi connectivity index (χ1v) is 4.68. The van der Waals surface area contributed by atoms with Gasteiger partial charge in [-0.15, -0.1) is 0 Å². The molecule has 0 atom stereocenters. The molecule has 0 saturated carbocycles. The number of alkyl halides is 2. The molecule has 0 amide bonds. The predicted molar refractivity (Wildman–Crippen MR) is 57.5 cm³/mol. The lowest BCUT2D eigenvalue weighted by molar-refractivity contribution is -0.0497. The summed E-state index contributed by atoms with van der Waals surface area (Å²) in [4.78, 5) is 4.23. The summed E-state index contributed by atoms with van der Waals surface area (Å²) in [6.45, 7) is -1.02. The Balaban J connectivity index is 2.53. The van der Waals surface area contributed by atoms with Crippen molar-refractivity contribution in [2.24, 2.45) is 0 Å². The first-order chi connectivity index (χ1) is 7.56. The van der Waals surface area contributed by atoms with Crippen LogP contribution in [-0.4, -0.2) is 11.6 Å². The highest BCUT2D eigenvalue weighted by atomic mass is 19.3. The third-order valence-corrected chi connectivity index (χ3v) is 2.17. The van der Waals surface area contributed by atoms with Crippen LogP contribution in [0.4, 0.5) is 14.5 Å². The van der Waals surface area contributed by atoms with E-state index in [2.05, 4.69) is 9.72 Å². The molecule has 2 rings (SSSR count). The molecule has 84 valence electrons. The molecule has 3 nitrogen and oxygen atoms in total. The summed E-state index contributed by atoms with van der Waals surface area (Å²) in [6.07, 6.45) is 0. The number of fused-ring (bicyclic) bond motifs is 1. The van der Waals surface area contributed by atoms with Gasteiger partial charge in [-0.1, -0.05) is 0 Å². The normalized spacial score (nSPS) is 11.0. The van der Waals surface area contributed by atoms with Crippen molar-refractivity contribution in [3.63, 3.8) is 0 Å². The van der Waals surface area contributed by atoms with Gasteiger partial charge in [-0.25, -0.2) is 0 Å². The zero-order valence-corrected chi connectivity index (χ0v) is 8.58. The molecule has 0 fully saturated rings. The van der Waals surface area contributed by atoms with Crippen LogP contribution < -0.4 is 10.5 Å². The quantitative estimate of drug-likeness (QED) is 0.853. The number of nitrogens with two attached hydrogens (primary N) is 1. The van der Waals surface area contributed by atoms with Crippen molar-refractivity contribution in [2.45, 2.75) is 13.5 Å². The van der Waals surface area contributed by atoms with Crippen LogP contribution in [0.15, 0.2) is 24.3 Å². The average molecular weight is 224 g/mol. The van der Waals surface area contributed by atoms with Gasteiger partial charge in [-0.3, -0.25) is 4.98 Å². The monoisotopic (exact) mass is 224 g/mol. The predicted octanol–water partition coefficient (Wildman–Crippen LogP) is 2.73. The maximum absolute atomic E-state index is 12.0. The topological polar surface area (TPSA) is 48.1 Å². The van der Waals surface area contributed by atoms with E-state index in [4.69, 9.17) is 5.73 Å². The second kappa shape index (κ2) is 3.92. The highest BCUT2D eigenvalue weighted by Crippen LogP contribution is 2.25. The minimum absolute atomic E-state index is 0.0832. The third-order valence-electron chi connectivity index (χ3n) is 2.17. The fourth-order valence-electron chi connectivity index (χ4n) is 1.55. The Bertz CT molecular complexity index is 529. The Morgan fingerprint density at radius 3 is 2.75 bits per heavy atom. The van der Waals surface area contributed by atoms with Gasteiger partial charge in [0.15, 0.2) is 0 Å². The van der Waals surface area contributed by atoms with Crippen LogP contribution in [0.25, 0.3) is 10.9 Å². The molecule has 0 bridgehead atoms. The van der Waals surface area contributed by atoms with E-state index in [0.717, 1.165) is 5.69 Å². The molecular formula is C11H10F2N2O. The summed E-state index contributed by atoms with van der Waals surface area (Å²) in [5, 5.41) is 0.615. The minimum atomic E-state index is -2.84. The van der Waals surface area contributed by atoms with Gasteiger partial charge >= 0.3 is 6.61 Å². The summed E-state index contributed by atoms with van der Waals surface area (Å²) in [5.74, 6) is 0.0832. The first kappa shape index (κ1) is 10.6. The van der Waals surface area contributed by atoms with Crippen molar-refractivity contribution in [1.29, 1.82) is 0 Å². The van der Waals surface area contributed by atoms with Gasteiger partial charge in [0.1, 0.15) is 5.75 Å². The van der Waals surface area contributed by atoms with E-state index >= 15 is 0 Å². The van der Waals surface area contributed by atoms with Crippen molar-refractivity contribution in [2.75, 3.05) is 5.73 Å². The molecule has 1 aromatic heterocycles. The molecule has 0 unspecified atom stereocenters. The van der Waals surface area contributed by atoms with E-state index in [1.54, 1.807) is 12.1 Å². The van der Waals surface area contributed by atoms with Crippen molar-refractivity contribution in [3.05, 3.63) is 30.0 Å². The van der Waals surface area contributed by atoms with E-state index < -0.39 is 6.61 Å². The van der Waals surface area contributed by atoms with Crippen LogP contribution in [0.3, 0.4) is 0 Å². The number of anilines is 1. The van der Waals surface area contributed by atoms with Gasteiger partial charge in [0.2, 0.25) is 0 Å². The number of aromatic nitrogens is 1. The standard InChI is InChI=1S/C11H10F2N2O/c1-6-4-9(14)8-5-7(16-11(12)13)2-3-10(8)15-6/h2-5,11H,1H3,(H2,14,15). The molecule has 0 spiro atoms. The fraction of sp³-hybridized carbons (Fsp3) is 0.182. The summed E-state index contributed by atoms with van der Waals surface area (Å²) < 4.78 is 28.3. The van der Waals surface area contributed by atoms with Gasteiger partial charge in [0, 0.05) is 16.8 Å². The largest absolute Gasteiger partial charge is 0.435 e. The average Bonchev–Trinajstić information content (AvgIpc) is 2.18. The minimum Gasteiger partial charge on any atom is -0.435 e. The SMILES string of the molecule is Cc1cc(N)c2cc(OC(F)F)ccc2n1. The van der Waals surface area contributed by atoms with Crippen LogP contribution in [0.2, 0.25) is 0 Å². The number of halogens is 2. The highest BCUT2D eigenvalue weighted by molar-refractivity contribution is 5.91. The van der Waals surface area contributed by atoms with Crippen molar-refractivity contribution in [1.82, 2.24) is 4.98 Å². The van der Waals surface area contributed by atoms with Gasteiger partial charge in [-0.05, 0) is 31.2 Å². The number of rotatable bonds is 2. The smallest absolute Gasteiger partial charge is 0.387 e. The lowest BCUT2D eigenvalue weighted by Crippen LogP contribution is -2.02. The number of benzene rings is 1. The van der Waals surface area contributed by atoms with Crippen LogP contribution in [0.5, 0.6) is 5.75 Å². The molecule has 0 aliphatic rings. The van der Waals surface area contributed by atoms with Crippen LogP contribution in [-0.2, 0) is 0 Å². The van der Waals surface area contributed by atoms with E-state index in [9.17, 15) is 8.78 Å². The maximum atomic E-state index is 12.0. The second-order valence-corrected chi connectivity index (χ2v) is 3.41. The number of nitrogens with zero attached hydrogens (tertiary/aromatic N) is 1. The number of pyridine rings is 1. The Morgan fingerprint density at radius 2 is 2.06 bits per heavy atom.